The number of unbranched alkanes of at least 4 members (excludes halogenated alkanes) is 5. The first-order chi connectivity index (χ1) is 8.86. The van der Waals surface area contributed by atoms with Gasteiger partial charge in [0.1, 0.15) is 5.75 Å². The van der Waals surface area contributed by atoms with Crippen molar-refractivity contribution in [1.82, 2.24) is 0 Å². The van der Waals surface area contributed by atoms with Gasteiger partial charge in [0.05, 0.1) is 14.5 Å². The van der Waals surface area contributed by atoms with Gasteiger partial charge >= 0.3 is 0 Å². The Morgan fingerprint density at radius 3 is 2.17 bits per heavy atom. The van der Waals surface area contributed by atoms with Crippen LogP contribution in [0.1, 0.15) is 44.1 Å². The molecule has 2 radical (unpaired) electrons. The Morgan fingerprint density at radius 2 is 1.56 bits per heavy atom. The van der Waals surface area contributed by atoms with E-state index < -0.39 is 0 Å². The van der Waals surface area contributed by atoms with Crippen molar-refractivity contribution in [2.45, 2.75) is 44.8 Å². The van der Waals surface area contributed by atoms with Gasteiger partial charge in [0.2, 0.25) is 0 Å². The summed E-state index contributed by atoms with van der Waals surface area (Å²) in [7, 11) is 5.45. The second kappa shape index (κ2) is 9.81. The van der Waals surface area contributed by atoms with E-state index in [0.717, 1.165) is 37.1 Å². The van der Waals surface area contributed by atoms with Gasteiger partial charge in [0, 0.05) is 0 Å². The molecule has 0 N–H and O–H groups in total. The van der Waals surface area contributed by atoms with Gasteiger partial charge in [-0.25, -0.2) is 0 Å². The molecule has 0 amide bonds. The number of rotatable bonds is 10. The lowest BCUT2D eigenvalue weighted by molar-refractivity contribution is 0.304. The summed E-state index contributed by atoms with van der Waals surface area (Å²) in [5.74, 6) is 0.948. The molecule has 0 atom stereocenters. The van der Waals surface area contributed by atoms with Crippen LogP contribution in [-0.4, -0.2) is 14.5 Å². The quantitative estimate of drug-likeness (QED) is 0.429. The van der Waals surface area contributed by atoms with Crippen molar-refractivity contribution in [3.05, 3.63) is 36.4 Å². The molecular formula is C16H23BO. The van der Waals surface area contributed by atoms with Crippen molar-refractivity contribution in [3.63, 3.8) is 0 Å². The zero-order valence-corrected chi connectivity index (χ0v) is 11.2. The molecule has 0 saturated carbocycles. The number of benzene rings is 1. The predicted octanol–water partition coefficient (Wildman–Crippen LogP) is 4.64. The molecule has 0 saturated heterocycles. The summed E-state index contributed by atoms with van der Waals surface area (Å²) >= 11 is 0. The topological polar surface area (TPSA) is 9.23 Å². The summed E-state index contributed by atoms with van der Waals surface area (Å²) in [5.41, 5.74) is 1.13. The minimum Gasteiger partial charge on any atom is -0.494 e. The Bertz CT molecular complexity index is 318. The summed E-state index contributed by atoms with van der Waals surface area (Å²) in [6, 6.07) is 8.04. The van der Waals surface area contributed by atoms with Crippen LogP contribution in [0.2, 0.25) is 6.32 Å². The highest BCUT2D eigenvalue weighted by molar-refractivity contribution is 6.08. The zero-order chi connectivity index (χ0) is 13.1. The number of ether oxygens (including phenoxy) is 1. The molecule has 1 aromatic carbocycles. The average Bonchev–Trinajstić information content (AvgIpc) is 2.42. The molecule has 1 nitrogen and oxygen atoms in total. The first-order valence-electron chi connectivity index (χ1n) is 6.92. The Kier molecular flexibility index (Phi) is 8.12. The molecule has 0 bridgehead atoms. The molecule has 0 spiro atoms. The molecular weight excluding hydrogens is 219 g/mol. The van der Waals surface area contributed by atoms with Crippen molar-refractivity contribution >= 4 is 13.9 Å². The molecule has 0 aliphatic heterocycles. The smallest absolute Gasteiger partial charge is 0.119 e. The van der Waals surface area contributed by atoms with Crippen LogP contribution in [-0.2, 0) is 0 Å². The number of hydrogen-bond donors (Lipinski definition) is 0. The Labute approximate surface area is 113 Å². The summed E-state index contributed by atoms with van der Waals surface area (Å²) in [6.07, 6.45) is 10.0. The van der Waals surface area contributed by atoms with Crippen molar-refractivity contribution < 1.29 is 4.74 Å². The maximum Gasteiger partial charge on any atom is 0.119 e. The molecule has 1 aromatic rings. The zero-order valence-electron chi connectivity index (χ0n) is 11.2. The fraction of sp³-hybridized carbons (Fsp3) is 0.500. The van der Waals surface area contributed by atoms with Crippen molar-refractivity contribution in [3.8, 4) is 5.75 Å². The molecule has 0 aliphatic rings. The van der Waals surface area contributed by atoms with Gasteiger partial charge in [-0.2, -0.15) is 0 Å². The third kappa shape index (κ3) is 6.53. The average molecular weight is 242 g/mol. The first kappa shape index (κ1) is 14.9. The lowest BCUT2D eigenvalue weighted by Gasteiger charge is -2.06. The first-order valence-corrected chi connectivity index (χ1v) is 6.92. The summed E-state index contributed by atoms with van der Waals surface area (Å²) in [5, 5.41) is 0. The van der Waals surface area contributed by atoms with Gasteiger partial charge in [-0.1, -0.05) is 63.2 Å². The van der Waals surface area contributed by atoms with E-state index in [4.69, 9.17) is 12.6 Å². The molecule has 96 valence electrons. The molecule has 0 aliphatic carbocycles. The highest BCUT2D eigenvalue weighted by atomic mass is 16.5. The molecule has 0 unspecified atom stereocenters. The second-order valence-corrected chi connectivity index (χ2v) is 4.53. The number of hydrogen-bond acceptors (Lipinski definition) is 1. The molecule has 1 rings (SSSR count). The minimum absolute atomic E-state index is 0.810. The van der Waals surface area contributed by atoms with Gasteiger partial charge in [0.25, 0.3) is 0 Å². The van der Waals surface area contributed by atoms with E-state index in [1.807, 2.05) is 30.3 Å². The fourth-order valence-electron chi connectivity index (χ4n) is 1.84. The van der Waals surface area contributed by atoms with Gasteiger partial charge in [-0.05, 0) is 24.1 Å². The van der Waals surface area contributed by atoms with Crippen LogP contribution < -0.4 is 4.74 Å². The van der Waals surface area contributed by atoms with E-state index in [1.54, 1.807) is 0 Å². The Balaban J connectivity index is 2.01. The predicted molar refractivity (Wildman–Crippen MR) is 80.3 cm³/mol. The van der Waals surface area contributed by atoms with Crippen LogP contribution in [0.25, 0.3) is 6.08 Å². The van der Waals surface area contributed by atoms with Gasteiger partial charge in [-0.3, -0.25) is 0 Å². The maximum atomic E-state index is 5.68. The Morgan fingerprint density at radius 1 is 0.944 bits per heavy atom. The van der Waals surface area contributed by atoms with E-state index in [2.05, 4.69) is 6.58 Å². The van der Waals surface area contributed by atoms with Crippen LogP contribution in [0.3, 0.4) is 0 Å². The standard InChI is InChI=1S/C16H23BO/c1-2-15-9-11-16(12-10-15)18-14-8-6-4-3-5-7-13-17/h2,9-12H,1,3-8,13-14H2. The largest absolute Gasteiger partial charge is 0.494 e. The van der Waals surface area contributed by atoms with Crippen LogP contribution in [0, 0.1) is 0 Å². The SMILES string of the molecule is [B]CCCCCCCCOc1ccc(C=C)cc1. The van der Waals surface area contributed by atoms with Crippen molar-refractivity contribution in [2.24, 2.45) is 0 Å². The maximum absolute atomic E-state index is 5.68. The summed E-state index contributed by atoms with van der Waals surface area (Å²) in [6.45, 7) is 4.54. The van der Waals surface area contributed by atoms with Crippen LogP contribution >= 0.6 is 0 Å². The molecule has 0 fully saturated rings. The van der Waals surface area contributed by atoms with E-state index in [-0.39, 0.29) is 0 Å². The van der Waals surface area contributed by atoms with Crippen LogP contribution in [0.5, 0.6) is 5.75 Å². The molecule has 0 aromatic heterocycles. The van der Waals surface area contributed by atoms with Crippen LogP contribution in [0.15, 0.2) is 30.8 Å². The van der Waals surface area contributed by atoms with Crippen LogP contribution in [0.4, 0.5) is 0 Å². The van der Waals surface area contributed by atoms with E-state index in [1.165, 1.54) is 25.7 Å². The van der Waals surface area contributed by atoms with E-state index >= 15 is 0 Å². The normalized spacial score (nSPS) is 10.2. The summed E-state index contributed by atoms with van der Waals surface area (Å²) < 4.78 is 5.68. The van der Waals surface area contributed by atoms with Gasteiger partial charge in [-0.15, -0.1) is 0 Å². The second-order valence-electron chi connectivity index (χ2n) is 4.53. The lowest BCUT2D eigenvalue weighted by Crippen LogP contribution is -1.97. The molecule has 18 heavy (non-hydrogen) atoms. The fourth-order valence-corrected chi connectivity index (χ4v) is 1.84. The monoisotopic (exact) mass is 242 g/mol. The highest BCUT2D eigenvalue weighted by Crippen LogP contribution is 2.13. The van der Waals surface area contributed by atoms with Gasteiger partial charge < -0.3 is 4.74 Å². The van der Waals surface area contributed by atoms with E-state index in [9.17, 15) is 0 Å². The minimum atomic E-state index is 0.810. The third-order valence-electron chi connectivity index (χ3n) is 2.98. The third-order valence-corrected chi connectivity index (χ3v) is 2.98. The van der Waals surface area contributed by atoms with E-state index in [0.29, 0.717) is 0 Å². The van der Waals surface area contributed by atoms with Crippen molar-refractivity contribution in [1.29, 1.82) is 0 Å². The Hall–Kier alpha value is -1.18. The summed E-state index contributed by atoms with van der Waals surface area (Å²) in [4.78, 5) is 0. The van der Waals surface area contributed by atoms with Gasteiger partial charge in [0.15, 0.2) is 0 Å². The molecule has 0 heterocycles. The molecule has 2 heteroatoms. The lowest BCUT2D eigenvalue weighted by atomic mass is 9.98. The highest BCUT2D eigenvalue weighted by Gasteiger charge is 1.94. The van der Waals surface area contributed by atoms with Crippen molar-refractivity contribution in [2.75, 3.05) is 6.61 Å².